The van der Waals surface area contributed by atoms with Gasteiger partial charge in [0.25, 0.3) is 0 Å². The van der Waals surface area contributed by atoms with Gasteiger partial charge in [-0.25, -0.2) is 4.79 Å². The molecule has 0 radical (unpaired) electrons. The Morgan fingerprint density at radius 2 is 2.05 bits per heavy atom. The molecule has 0 unspecified atom stereocenters. The molecule has 1 rings (SSSR count). The van der Waals surface area contributed by atoms with Crippen LogP contribution in [0, 0.1) is 0 Å². The van der Waals surface area contributed by atoms with Crippen LogP contribution in [0.25, 0.3) is 0 Å². The van der Waals surface area contributed by atoms with Gasteiger partial charge in [-0.3, -0.25) is 4.79 Å². The fourth-order valence-corrected chi connectivity index (χ4v) is 1.85. The van der Waals surface area contributed by atoms with Crippen molar-refractivity contribution in [2.45, 2.75) is 20.4 Å². The minimum atomic E-state index is -1.03. The predicted molar refractivity (Wildman–Crippen MR) is 72.2 cm³/mol. The molecule has 0 fully saturated rings. The van der Waals surface area contributed by atoms with E-state index >= 15 is 0 Å². The molecule has 0 spiro atoms. The van der Waals surface area contributed by atoms with Crippen LogP contribution in [0.3, 0.4) is 0 Å². The van der Waals surface area contributed by atoms with Gasteiger partial charge in [-0.15, -0.1) is 0 Å². The lowest BCUT2D eigenvalue weighted by molar-refractivity contribution is -0.121. The first-order valence-electron chi connectivity index (χ1n) is 6.46. The van der Waals surface area contributed by atoms with Gasteiger partial charge in [0, 0.05) is 19.3 Å². The van der Waals surface area contributed by atoms with Crippen molar-refractivity contribution in [1.29, 1.82) is 0 Å². The molecular formula is C13H21N3O3. The zero-order chi connectivity index (χ0) is 14.3. The van der Waals surface area contributed by atoms with E-state index in [0.717, 1.165) is 19.6 Å². The fraction of sp³-hybridized carbons (Fsp3) is 0.538. The van der Waals surface area contributed by atoms with E-state index in [1.807, 2.05) is 0 Å². The summed E-state index contributed by atoms with van der Waals surface area (Å²) >= 11 is 0. The quantitative estimate of drug-likeness (QED) is 0.725. The third kappa shape index (κ3) is 4.75. The summed E-state index contributed by atoms with van der Waals surface area (Å²) in [6.07, 6.45) is 1.59. The van der Waals surface area contributed by atoms with Gasteiger partial charge in [0.2, 0.25) is 5.91 Å². The molecular weight excluding hydrogens is 246 g/mol. The highest BCUT2D eigenvalue weighted by molar-refractivity contribution is 5.86. The summed E-state index contributed by atoms with van der Waals surface area (Å²) in [7, 11) is 0. The van der Waals surface area contributed by atoms with E-state index in [2.05, 4.69) is 24.1 Å². The summed E-state index contributed by atoms with van der Waals surface area (Å²) in [5.74, 6) is -1.20. The van der Waals surface area contributed by atoms with E-state index in [0.29, 0.717) is 6.54 Å². The summed E-state index contributed by atoms with van der Waals surface area (Å²) in [5.41, 5.74) is 0.124. The molecule has 0 aliphatic heterocycles. The van der Waals surface area contributed by atoms with Gasteiger partial charge in [-0.1, -0.05) is 13.8 Å². The van der Waals surface area contributed by atoms with Gasteiger partial charge in [0.05, 0.1) is 0 Å². The Kier molecular flexibility index (Phi) is 6.08. The third-order valence-corrected chi connectivity index (χ3v) is 3.01. The number of aromatic carboxylic acids is 1. The number of carboxylic acids is 1. The predicted octanol–water partition coefficient (Wildman–Crippen LogP) is 0.644. The maximum absolute atomic E-state index is 11.7. The highest BCUT2D eigenvalue weighted by Gasteiger charge is 2.11. The van der Waals surface area contributed by atoms with E-state index in [-0.39, 0.29) is 18.1 Å². The van der Waals surface area contributed by atoms with Crippen LogP contribution in [0.5, 0.6) is 0 Å². The largest absolute Gasteiger partial charge is 0.477 e. The standard InChI is InChI=1S/C13H21N3O3/c1-3-15(4-2)9-7-14-12(17)10-16-8-5-6-11(16)13(18)19/h5-6,8H,3-4,7,9-10H2,1-2H3,(H,14,17)(H,18,19). The molecule has 0 aliphatic carbocycles. The van der Waals surface area contributed by atoms with E-state index in [1.54, 1.807) is 12.3 Å². The van der Waals surface area contributed by atoms with Crippen molar-refractivity contribution in [2.24, 2.45) is 0 Å². The summed E-state index contributed by atoms with van der Waals surface area (Å²) < 4.78 is 1.43. The molecule has 0 aliphatic rings. The summed E-state index contributed by atoms with van der Waals surface area (Å²) in [4.78, 5) is 24.8. The van der Waals surface area contributed by atoms with Crippen molar-refractivity contribution in [1.82, 2.24) is 14.8 Å². The number of aromatic nitrogens is 1. The number of carbonyl (C=O) groups excluding carboxylic acids is 1. The van der Waals surface area contributed by atoms with Crippen molar-refractivity contribution in [2.75, 3.05) is 26.2 Å². The molecule has 19 heavy (non-hydrogen) atoms. The van der Waals surface area contributed by atoms with E-state index in [1.165, 1.54) is 10.6 Å². The number of nitrogens with one attached hydrogen (secondary N) is 1. The second kappa shape index (κ2) is 7.58. The smallest absolute Gasteiger partial charge is 0.352 e. The summed E-state index contributed by atoms with van der Waals surface area (Å²) in [6.45, 7) is 7.46. The number of carbonyl (C=O) groups is 2. The Morgan fingerprint density at radius 1 is 1.37 bits per heavy atom. The molecule has 0 saturated carbocycles. The van der Waals surface area contributed by atoms with Gasteiger partial charge in [0.1, 0.15) is 12.2 Å². The molecule has 0 atom stereocenters. The van der Waals surface area contributed by atoms with Gasteiger partial charge in [-0.2, -0.15) is 0 Å². The molecule has 6 nitrogen and oxygen atoms in total. The first kappa shape index (κ1) is 15.2. The number of carboxylic acid groups (broad SMARTS) is 1. The van der Waals surface area contributed by atoms with Crippen molar-refractivity contribution in [3.63, 3.8) is 0 Å². The number of nitrogens with zero attached hydrogens (tertiary/aromatic N) is 2. The molecule has 1 amide bonds. The number of hydrogen-bond acceptors (Lipinski definition) is 3. The molecule has 6 heteroatoms. The Bertz CT molecular complexity index is 425. The van der Waals surface area contributed by atoms with Crippen LogP contribution in [0.2, 0.25) is 0 Å². The SMILES string of the molecule is CCN(CC)CCNC(=O)Cn1cccc1C(=O)O. The van der Waals surface area contributed by atoms with Gasteiger partial charge in [-0.05, 0) is 25.2 Å². The maximum atomic E-state index is 11.7. The second-order valence-electron chi connectivity index (χ2n) is 4.20. The first-order valence-corrected chi connectivity index (χ1v) is 6.46. The lowest BCUT2D eigenvalue weighted by atomic mass is 10.4. The highest BCUT2D eigenvalue weighted by atomic mass is 16.4. The summed E-state index contributed by atoms with van der Waals surface area (Å²) in [5, 5.41) is 11.7. The minimum absolute atomic E-state index is 0.0346. The fourth-order valence-electron chi connectivity index (χ4n) is 1.85. The van der Waals surface area contributed by atoms with Crippen LogP contribution in [-0.4, -0.2) is 52.6 Å². The number of likely N-dealkylation sites (N-methyl/N-ethyl adjacent to an activating group) is 1. The zero-order valence-electron chi connectivity index (χ0n) is 11.4. The molecule has 106 valence electrons. The first-order chi connectivity index (χ1) is 9.08. The van der Waals surface area contributed by atoms with Crippen LogP contribution in [-0.2, 0) is 11.3 Å². The van der Waals surface area contributed by atoms with Crippen molar-refractivity contribution in [3.8, 4) is 0 Å². The van der Waals surface area contributed by atoms with Crippen LogP contribution in [0.15, 0.2) is 18.3 Å². The molecule has 2 N–H and O–H groups in total. The number of rotatable bonds is 8. The highest BCUT2D eigenvalue weighted by Crippen LogP contribution is 2.01. The van der Waals surface area contributed by atoms with Crippen LogP contribution in [0.1, 0.15) is 24.3 Å². The Morgan fingerprint density at radius 3 is 2.63 bits per heavy atom. The summed E-state index contributed by atoms with van der Waals surface area (Å²) in [6, 6.07) is 3.10. The number of hydrogen-bond donors (Lipinski definition) is 2. The third-order valence-electron chi connectivity index (χ3n) is 3.01. The monoisotopic (exact) mass is 267 g/mol. The second-order valence-corrected chi connectivity index (χ2v) is 4.20. The average molecular weight is 267 g/mol. The van der Waals surface area contributed by atoms with Crippen LogP contribution >= 0.6 is 0 Å². The molecule has 1 aromatic rings. The minimum Gasteiger partial charge on any atom is -0.477 e. The van der Waals surface area contributed by atoms with Crippen molar-refractivity contribution < 1.29 is 14.7 Å². The Labute approximate surface area is 113 Å². The molecule has 1 heterocycles. The van der Waals surface area contributed by atoms with Crippen LogP contribution in [0.4, 0.5) is 0 Å². The molecule has 0 aromatic carbocycles. The van der Waals surface area contributed by atoms with Crippen molar-refractivity contribution >= 4 is 11.9 Å². The molecule has 0 bridgehead atoms. The van der Waals surface area contributed by atoms with Gasteiger partial charge < -0.3 is 19.9 Å². The van der Waals surface area contributed by atoms with E-state index < -0.39 is 5.97 Å². The molecule has 1 aromatic heterocycles. The maximum Gasteiger partial charge on any atom is 0.352 e. The van der Waals surface area contributed by atoms with Crippen molar-refractivity contribution in [3.05, 3.63) is 24.0 Å². The van der Waals surface area contributed by atoms with Gasteiger partial charge >= 0.3 is 5.97 Å². The number of amides is 1. The normalized spacial score (nSPS) is 10.7. The Hall–Kier alpha value is -1.82. The Balaban J connectivity index is 2.39. The van der Waals surface area contributed by atoms with E-state index in [9.17, 15) is 9.59 Å². The lowest BCUT2D eigenvalue weighted by Crippen LogP contribution is -2.36. The zero-order valence-corrected chi connectivity index (χ0v) is 11.4. The van der Waals surface area contributed by atoms with Crippen LogP contribution < -0.4 is 5.32 Å². The topological polar surface area (TPSA) is 74.6 Å². The lowest BCUT2D eigenvalue weighted by Gasteiger charge is -2.18. The van der Waals surface area contributed by atoms with E-state index in [4.69, 9.17) is 5.11 Å². The average Bonchev–Trinajstić information content (AvgIpc) is 2.83. The van der Waals surface area contributed by atoms with Gasteiger partial charge in [0.15, 0.2) is 0 Å². The molecule has 0 saturated heterocycles.